The maximum absolute atomic E-state index is 11.0. The Kier molecular flexibility index (Phi) is 3.98. The minimum Gasteiger partial charge on any atom is -0.471 e. The van der Waals surface area contributed by atoms with Gasteiger partial charge in [-0.3, -0.25) is 0 Å². The highest BCUT2D eigenvalue weighted by atomic mass is 16.5. The van der Waals surface area contributed by atoms with Gasteiger partial charge in [0.25, 0.3) is 0 Å². The first-order valence-corrected chi connectivity index (χ1v) is 4.55. The van der Waals surface area contributed by atoms with Gasteiger partial charge < -0.3 is 9.30 Å². The standard InChI is InChI=1S/C11H14NO2/c1-10(2)11(13)14-9-5-8-12-6-3-4-7-12/h3-4,6H,1,5,8-9H2,2H3/q-1. The van der Waals surface area contributed by atoms with E-state index in [9.17, 15) is 4.79 Å². The quantitative estimate of drug-likeness (QED) is 0.308. The molecule has 1 rings (SSSR count). The molecule has 0 amide bonds. The molecule has 0 aliphatic carbocycles. The second kappa shape index (κ2) is 5.27. The van der Waals surface area contributed by atoms with Crippen LogP contribution in [0.15, 0.2) is 30.5 Å². The Morgan fingerprint density at radius 3 is 3.00 bits per heavy atom. The summed E-state index contributed by atoms with van der Waals surface area (Å²) >= 11 is 0. The smallest absolute Gasteiger partial charge is 0.333 e. The van der Waals surface area contributed by atoms with Crippen LogP contribution in [0, 0.1) is 6.20 Å². The van der Waals surface area contributed by atoms with E-state index in [4.69, 9.17) is 4.74 Å². The highest BCUT2D eigenvalue weighted by Gasteiger charge is 2.00. The van der Waals surface area contributed by atoms with Crippen LogP contribution in [-0.2, 0) is 16.1 Å². The van der Waals surface area contributed by atoms with E-state index in [1.165, 1.54) is 0 Å². The van der Waals surface area contributed by atoms with Crippen molar-refractivity contribution in [2.45, 2.75) is 19.9 Å². The number of rotatable bonds is 5. The molecular weight excluding hydrogens is 178 g/mol. The second-order valence-corrected chi connectivity index (χ2v) is 3.10. The summed E-state index contributed by atoms with van der Waals surface area (Å²) in [7, 11) is 0. The van der Waals surface area contributed by atoms with Crippen LogP contribution in [0.1, 0.15) is 13.3 Å². The van der Waals surface area contributed by atoms with E-state index in [1.54, 1.807) is 6.92 Å². The first kappa shape index (κ1) is 10.6. The third kappa shape index (κ3) is 3.47. The molecule has 76 valence electrons. The molecular formula is C11H14NO2-. The number of esters is 1. The Labute approximate surface area is 84.0 Å². The molecule has 0 bridgehead atoms. The molecule has 14 heavy (non-hydrogen) atoms. The molecule has 0 aliphatic rings. The second-order valence-electron chi connectivity index (χ2n) is 3.10. The largest absolute Gasteiger partial charge is 0.471 e. The van der Waals surface area contributed by atoms with E-state index in [0.29, 0.717) is 12.2 Å². The molecule has 0 radical (unpaired) electrons. The molecule has 0 aliphatic heterocycles. The zero-order chi connectivity index (χ0) is 10.4. The Morgan fingerprint density at radius 2 is 2.43 bits per heavy atom. The number of nitrogens with zero attached hydrogens (tertiary/aromatic N) is 1. The summed E-state index contributed by atoms with van der Waals surface area (Å²) in [6.45, 7) is 6.38. The summed E-state index contributed by atoms with van der Waals surface area (Å²) in [6.07, 6.45) is 5.73. The molecule has 1 aromatic rings. The molecule has 0 fully saturated rings. The van der Waals surface area contributed by atoms with Crippen LogP contribution in [0.5, 0.6) is 0 Å². The minimum absolute atomic E-state index is 0.318. The van der Waals surface area contributed by atoms with Crippen molar-refractivity contribution in [1.82, 2.24) is 4.57 Å². The van der Waals surface area contributed by atoms with Gasteiger partial charge in [-0.25, -0.2) is 4.79 Å². The van der Waals surface area contributed by atoms with Crippen LogP contribution in [-0.4, -0.2) is 17.1 Å². The Hall–Kier alpha value is -1.51. The molecule has 1 aromatic heterocycles. The number of hydrogen-bond donors (Lipinski definition) is 0. The van der Waals surface area contributed by atoms with Crippen LogP contribution in [0.4, 0.5) is 0 Å². The van der Waals surface area contributed by atoms with E-state index in [0.717, 1.165) is 13.0 Å². The fourth-order valence-electron chi connectivity index (χ4n) is 0.991. The number of carbonyl (C=O) groups excluding carboxylic acids is 1. The van der Waals surface area contributed by atoms with Crippen LogP contribution < -0.4 is 0 Å². The monoisotopic (exact) mass is 192 g/mol. The van der Waals surface area contributed by atoms with Gasteiger partial charge in [-0.05, 0) is 13.3 Å². The topological polar surface area (TPSA) is 31.2 Å². The number of carbonyl (C=O) groups is 1. The molecule has 0 N–H and O–H groups in total. The van der Waals surface area contributed by atoms with Crippen molar-refractivity contribution in [2.24, 2.45) is 0 Å². The van der Waals surface area contributed by atoms with Crippen molar-refractivity contribution < 1.29 is 9.53 Å². The molecule has 0 atom stereocenters. The predicted molar refractivity (Wildman–Crippen MR) is 53.7 cm³/mol. The van der Waals surface area contributed by atoms with Gasteiger partial charge in [0.15, 0.2) is 0 Å². The van der Waals surface area contributed by atoms with E-state index < -0.39 is 0 Å². The van der Waals surface area contributed by atoms with Gasteiger partial charge in [0.2, 0.25) is 0 Å². The predicted octanol–water partition coefficient (Wildman–Crippen LogP) is 1.80. The lowest BCUT2D eigenvalue weighted by atomic mass is 10.3. The average Bonchev–Trinajstić information content (AvgIpc) is 2.64. The highest BCUT2D eigenvalue weighted by molar-refractivity contribution is 5.86. The molecule has 3 heteroatoms. The van der Waals surface area contributed by atoms with Crippen LogP contribution >= 0.6 is 0 Å². The van der Waals surface area contributed by atoms with E-state index in [1.807, 2.05) is 22.9 Å². The number of aromatic nitrogens is 1. The Morgan fingerprint density at radius 1 is 1.64 bits per heavy atom. The summed E-state index contributed by atoms with van der Waals surface area (Å²) in [6, 6.07) is 3.76. The van der Waals surface area contributed by atoms with E-state index in [-0.39, 0.29) is 5.97 Å². The van der Waals surface area contributed by atoms with Crippen molar-refractivity contribution >= 4 is 5.97 Å². The van der Waals surface area contributed by atoms with Crippen LogP contribution in [0.3, 0.4) is 0 Å². The van der Waals surface area contributed by atoms with E-state index >= 15 is 0 Å². The van der Waals surface area contributed by atoms with Crippen LogP contribution in [0.25, 0.3) is 0 Å². The fourth-order valence-corrected chi connectivity index (χ4v) is 0.991. The maximum atomic E-state index is 11.0. The molecule has 0 saturated heterocycles. The lowest BCUT2D eigenvalue weighted by Crippen LogP contribution is -2.08. The van der Waals surface area contributed by atoms with Gasteiger partial charge in [-0.15, -0.1) is 12.4 Å². The summed E-state index contributed by atoms with van der Waals surface area (Å²) < 4.78 is 6.86. The van der Waals surface area contributed by atoms with Gasteiger partial charge in [-0.2, -0.15) is 12.1 Å². The van der Waals surface area contributed by atoms with Crippen LogP contribution in [0.2, 0.25) is 0 Å². The third-order valence-corrected chi connectivity index (χ3v) is 1.73. The van der Waals surface area contributed by atoms with E-state index in [2.05, 4.69) is 12.8 Å². The fraction of sp³-hybridized carbons (Fsp3) is 0.364. The Balaban J connectivity index is 2.11. The van der Waals surface area contributed by atoms with Gasteiger partial charge in [0.1, 0.15) is 0 Å². The summed E-state index contributed by atoms with van der Waals surface area (Å²) in [4.78, 5) is 11.0. The normalized spacial score (nSPS) is 9.79. The third-order valence-electron chi connectivity index (χ3n) is 1.73. The van der Waals surface area contributed by atoms with Crippen molar-refractivity contribution in [3.05, 3.63) is 36.7 Å². The van der Waals surface area contributed by atoms with Gasteiger partial charge in [-0.1, -0.05) is 6.58 Å². The molecule has 0 spiro atoms. The van der Waals surface area contributed by atoms with Gasteiger partial charge >= 0.3 is 5.97 Å². The number of ether oxygens (including phenoxy) is 1. The molecule has 0 aromatic carbocycles. The summed E-state index contributed by atoms with van der Waals surface area (Å²) in [5.41, 5.74) is 0.442. The summed E-state index contributed by atoms with van der Waals surface area (Å²) in [5.74, 6) is -0.318. The molecule has 1 heterocycles. The maximum Gasteiger partial charge on any atom is 0.333 e. The number of hydrogen-bond acceptors (Lipinski definition) is 2. The summed E-state index contributed by atoms with van der Waals surface area (Å²) in [5, 5.41) is 0. The number of aryl methyl sites for hydroxylation is 1. The van der Waals surface area contributed by atoms with Gasteiger partial charge in [0.05, 0.1) is 6.61 Å². The zero-order valence-corrected chi connectivity index (χ0v) is 8.32. The first-order valence-electron chi connectivity index (χ1n) is 4.55. The average molecular weight is 192 g/mol. The Bertz CT molecular complexity index is 301. The van der Waals surface area contributed by atoms with Crippen molar-refractivity contribution in [3.63, 3.8) is 0 Å². The lowest BCUT2D eigenvalue weighted by Gasteiger charge is -2.08. The zero-order valence-electron chi connectivity index (χ0n) is 8.32. The molecule has 3 nitrogen and oxygen atoms in total. The van der Waals surface area contributed by atoms with Gasteiger partial charge in [0, 0.05) is 12.1 Å². The molecule has 0 unspecified atom stereocenters. The molecule has 0 saturated carbocycles. The minimum atomic E-state index is -0.318. The lowest BCUT2D eigenvalue weighted by molar-refractivity contribution is -0.139. The van der Waals surface area contributed by atoms with Crippen molar-refractivity contribution in [2.75, 3.05) is 6.61 Å². The van der Waals surface area contributed by atoms with Crippen molar-refractivity contribution in [3.8, 4) is 0 Å². The highest BCUT2D eigenvalue weighted by Crippen LogP contribution is 1.96. The first-order chi connectivity index (χ1) is 6.70. The SMILES string of the molecule is C=C(C)C(=O)OCCCn1[c-]ccc1. The van der Waals surface area contributed by atoms with Crippen molar-refractivity contribution in [1.29, 1.82) is 0 Å².